The lowest BCUT2D eigenvalue weighted by atomic mass is 10.2. The molecule has 90 valence electrons. The number of halogens is 1. The molecule has 1 heterocycles. The summed E-state index contributed by atoms with van der Waals surface area (Å²) in [6.45, 7) is 3.70. The van der Waals surface area contributed by atoms with Crippen molar-refractivity contribution in [2.24, 2.45) is 4.99 Å². The average Bonchev–Trinajstić information content (AvgIpc) is 2.64. The third-order valence-electron chi connectivity index (χ3n) is 2.68. The van der Waals surface area contributed by atoms with E-state index in [0.29, 0.717) is 11.4 Å². The second kappa shape index (κ2) is 5.36. The van der Waals surface area contributed by atoms with Crippen molar-refractivity contribution in [1.29, 1.82) is 5.26 Å². The van der Waals surface area contributed by atoms with Gasteiger partial charge in [-0.25, -0.2) is 4.99 Å². The molecule has 0 saturated carbocycles. The van der Waals surface area contributed by atoms with Gasteiger partial charge in [-0.2, -0.15) is 5.26 Å². The first-order chi connectivity index (χ1) is 8.61. The fourth-order valence-corrected chi connectivity index (χ4v) is 1.87. The summed E-state index contributed by atoms with van der Waals surface area (Å²) in [5.74, 6) is 1.12. The highest BCUT2D eigenvalue weighted by Crippen LogP contribution is 2.27. The second-order valence-corrected chi connectivity index (χ2v) is 5.13. The molecular weight excluding hydrogens is 339 g/mol. The molecule has 1 aromatic carbocycles. The van der Waals surface area contributed by atoms with Gasteiger partial charge in [-0.1, -0.05) is 12.1 Å². The van der Waals surface area contributed by atoms with Crippen molar-refractivity contribution in [2.45, 2.75) is 13.8 Å². The monoisotopic (exact) mass is 350 g/mol. The molecule has 3 nitrogen and oxygen atoms in total. The molecule has 4 heteroatoms. The molecule has 0 amide bonds. The predicted molar refractivity (Wildman–Crippen MR) is 79.3 cm³/mol. The molecule has 0 radical (unpaired) electrons. The van der Waals surface area contributed by atoms with Crippen LogP contribution in [0.5, 0.6) is 0 Å². The van der Waals surface area contributed by atoms with Gasteiger partial charge in [0.05, 0.1) is 0 Å². The maximum Gasteiger partial charge on any atom is 0.237 e. The number of hydrogen-bond acceptors (Lipinski definition) is 3. The normalized spacial score (nSPS) is 10.8. The minimum absolute atomic E-state index is 0.381. The maximum absolute atomic E-state index is 9.06. The van der Waals surface area contributed by atoms with E-state index in [-0.39, 0.29) is 0 Å². The van der Waals surface area contributed by atoms with Crippen LogP contribution in [0, 0.1) is 28.7 Å². The van der Waals surface area contributed by atoms with Gasteiger partial charge in [-0.05, 0) is 54.1 Å². The zero-order valence-electron chi connectivity index (χ0n) is 10.1. The van der Waals surface area contributed by atoms with E-state index >= 15 is 0 Å². The van der Waals surface area contributed by atoms with Crippen molar-refractivity contribution in [1.82, 2.24) is 0 Å². The van der Waals surface area contributed by atoms with Gasteiger partial charge in [-0.15, -0.1) is 0 Å². The first-order valence-corrected chi connectivity index (χ1v) is 6.49. The number of furan rings is 1. The predicted octanol–water partition coefficient (Wildman–Crippen LogP) is 4.12. The zero-order valence-corrected chi connectivity index (χ0v) is 12.2. The second-order valence-electron chi connectivity index (χ2n) is 3.88. The summed E-state index contributed by atoms with van der Waals surface area (Å²) < 4.78 is 6.63. The Bertz CT molecular complexity index is 633. The molecule has 0 fully saturated rings. The third kappa shape index (κ3) is 2.62. The summed E-state index contributed by atoms with van der Waals surface area (Å²) in [5.41, 5.74) is 2.34. The first kappa shape index (κ1) is 12.8. The standard InChI is InChI=1S/C14H11IN2O/c1-9-10(2)18-14(13(9)7-16)17-8-11-3-5-12(15)6-4-11/h3-6,8H,1-2H3/b17-8+. The van der Waals surface area contributed by atoms with Crippen molar-refractivity contribution in [2.75, 3.05) is 0 Å². The largest absolute Gasteiger partial charge is 0.442 e. The van der Waals surface area contributed by atoms with Crippen LogP contribution in [0.4, 0.5) is 5.88 Å². The molecule has 18 heavy (non-hydrogen) atoms. The van der Waals surface area contributed by atoms with Crippen molar-refractivity contribution in [3.8, 4) is 6.07 Å². The van der Waals surface area contributed by atoms with Gasteiger partial charge < -0.3 is 4.42 Å². The van der Waals surface area contributed by atoms with Gasteiger partial charge in [-0.3, -0.25) is 0 Å². The minimum atomic E-state index is 0.381. The van der Waals surface area contributed by atoms with E-state index in [1.807, 2.05) is 38.1 Å². The maximum atomic E-state index is 9.06. The Morgan fingerprint density at radius 1 is 1.28 bits per heavy atom. The number of nitriles is 1. The van der Waals surface area contributed by atoms with Gasteiger partial charge in [0, 0.05) is 15.3 Å². The number of rotatable bonds is 2. The summed E-state index contributed by atoms with van der Waals surface area (Å²) >= 11 is 2.25. The highest BCUT2D eigenvalue weighted by atomic mass is 127. The minimum Gasteiger partial charge on any atom is -0.442 e. The van der Waals surface area contributed by atoms with E-state index in [4.69, 9.17) is 9.68 Å². The van der Waals surface area contributed by atoms with E-state index in [1.54, 1.807) is 6.21 Å². The Morgan fingerprint density at radius 3 is 2.56 bits per heavy atom. The summed E-state index contributed by atoms with van der Waals surface area (Å²) in [4.78, 5) is 4.24. The summed E-state index contributed by atoms with van der Waals surface area (Å²) in [6, 6.07) is 10.1. The lowest BCUT2D eigenvalue weighted by molar-refractivity contribution is 0.542. The van der Waals surface area contributed by atoms with Gasteiger partial charge in [0.25, 0.3) is 0 Å². The quantitative estimate of drug-likeness (QED) is 0.604. The van der Waals surface area contributed by atoms with Gasteiger partial charge in [0.2, 0.25) is 5.88 Å². The number of aryl methyl sites for hydroxylation is 1. The summed E-state index contributed by atoms with van der Waals surface area (Å²) in [7, 11) is 0. The molecule has 0 aliphatic rings. The molecule has 0 spiro atoms. The fourth-order valence-electron chi connectivity index (χ4n) is 1.51. The Labute approximate surface area is 119 Å². The van der Waals surface area contributed by atoms with Crippen LogP contribution in [0.3, 0.4) is 0 Å². The molecular formula is C14H11IN2O. The Hall–Kier alpha value is -1.61. The van der Waals surface area contributed by atoms with Gasteiger partial charge >= 0.3 is 0 Å². The Kier molecular flexibility index (Phi) is 3.82. The summed E-state index contributed by atoms with van der Waals surface area (Å²) in [5, 5.41) is 9.06. The van der Waals surface area contributed by atoms with Crippen LogP contribution in [0.1, 0.15) is 22.5 Å². The smallest absolute Gasteiger partial charge is 0.237 e. The molecule has 0 saturated heterocycles. The lowest BCUT2D eigenvalue weighted by Gasteiger charge is -1.93. The molecule has 0 unspecified atom stereocenters. The van der Waals surface area contributed by atoms with Crippen molar-refractivity contribution < 1.29 is 4.42 Å². The van der Waals surface area contributed by atoms with Gasteiger partial charge in [0.15, 0.2) is 0 Å². The first-order valence-electron chi connectivity index (χ1n) is 5.41. The van der Waals surface area contributed by atoms with Crippen LogP contribution < -0.4 is 0 Å². The summed E-state index contributed by atoms with van der Waals surface area (Å²) in [6.07, 6.45) is 1.70. The van der Waals surface area contributed by atoms with Crippen LogP contribution >= 0.6 is 22.6 Å². The average molecular weight is 350 g/mol. The van der Waals surface area contributed by atoms with Crippen LogP contribution in [-0.2, 0) is 0 Å². The molecule has 0 atom stereocenters. The molecule has 0 aliphatic carbocycles. The molecule has 2 rings (SSSR count). The van der Waals surface area contributed by atoms with Crippen molar-refractivity contribution in [3.05, 3.63) is 50.3 Å². The van der Waals surface area contributed by atoms with E-state index in [2.05, 4.69) is 33.7 Å². The van der Waals surface area contributed by atoms with Crippen molar-refractivity contribution >= 4 is 34.7 Å². The molecule has 1 aromatic heterocycles. The van der Waals surface area contributed by atoms with Crippen LogP contribution in [0.25, 0.3) is 0 Å². The SMILES string of the molecule is Cc1oc(/N=C/c2ccc(I)cc2)c(C#N)c1C. The molecule has 0 aliphatic heterocycles. The van der Waals surface area contributed by atoms with E-state index in [1.165, 1.54) is 3.57 Å². The molecule has 2 aromatic rings. The fraction of sp³-hybridized carbons (Fsp3) is 0.143. The number of benzene rings is 1. The van der Waals surface area contributed by atoms with Crippen LogP contribution in [-0.4, -0.2) is 6.21 Å². The number of aliphatic imine (C=N–C) groups is 1. The molecule has 0 bridgehead atoms. The van der Waals surface area contributed by atoms with Crippen LogP contribution in [0.2, 0.25) is 0 Å². The zero-order chi connectivity index (χ0) is 13.1. The van der Waals surface area contributed by atoms with Crippen LogP contribution in [0.15, 0.2) is 33.7 Å². The number of nitrogens with zero attached hydrogens (tertiary/aromatic N) is 2. The van der Waals surface area contributed by atoms with E-state index in [9.17, 15) is 0 Å². The topological polar surface area (TPSA) is 49.3 Å². The highest BCUT2D eigenvalue weighted by Gasteiger charge is 2.12. The Balaban J connectivity index is 2.32. The van der Waals surface area contributed by atoms with Crippen molar-refractivity contribution in [3.63, 3.8) is 0 Å². The lowest BCUT2D eigenvalue weighted by Crippen LogP contribution is -1.81. The number of hydrogen-bond donors (Lipinski definition) is 0. The van der Waals surface area contributed by atoms with E-state index < -0.39 is 0 Å². The Morgan fingerprint density at radius 2 is 1.94 bits per heavy atom. The van der Waals surface area contributed by atoms with Gasteiger partial charge in [0.1, 0.15) is 17.4 Å². The molecule has 0 N–H and O–H groups in total. The third-order valence-corrected chi connectivity index (χ3v) is 3.40. The highest BCUT2D eigenvalue weighted by molar-refractivity contribution is 14.1. The van der Waals surface area contributed by atoms with E-state index in [0.717, 1.165) is 16.9 Å².